The van der Waals surface area contributed by atoms with Crippen LogP contribution in [0.3, 0.4) is 0 Å². The Morgan fingerprint density at radius 1 is 1.50 bits per heavy atom. The van der Waals surface area contributed by atoms with E-state index in [1.165, 1.54) is 5.57 Å². The predicted octanol–water partition coefficient (Wildman–Crippen LogP) is 2.99. The van der Waals surface area contributed by atoms with Crippen LogP contribution < -0.4 is 5.32 Å². The quantitative estimate of drug-likeness (QED) is 0.540. The molecule has 0 aromatic rings. The van der Waals surface area contributed by atoms with E-state index in [0.717, 1.165) is 17.8 Å². The molecule has 1 atom stereocenters. The van der Waals surface area contributed by atoms with Crippen LogP contribution in [0.5, 0.6) is 0 Å². The Kier molecular flexibility index (Phi) is 7.48. The van der Waals surface area contributed by atoms with Gasteiger partial charge < -0.3 is 5.32 Å². The summed E-state index contributed by atoms with van der Waals surface area (Å²) in [5.74, 6) is 0.308. The first-order valence-electron chi connectivity index (χ1n) is 5.66. The molecular formula is C14H24N2. The maximum absolute atomic E-state index is 4.20. The highest BCUT2D eigenvalue weighted by atomic mass is 14.8. The number of allylic oxidation sites excluding steroid dienone is 3. The minimum Gasteiger partial charge on any atom is -0.316 e. The maximum atomic E-state index is 4.20. The van der Waals surface area contributed by atoms with E-state index >= 15 is 0 Å². The highest BCUT2D eigenvalue weighted by molar-refractivity contribution is 5.86. The number of nitrogens with one attached hydrogen (secondary N) is 1. The van der Waals surface area contributed by atoms with E-state index in [0.29, 0.717) is 5.92 Å². The molecule has 0 bridgehead atoms. The van der Waals surface area contributed by atoms with E-state index in [1.54, 1.807) is 0 Å². The van der Waals surface area contributed by atoms with E-state index in [4.69, 9.17) is 0 Å². The van der Waals surface area contributed by atoms with Crippen LogP contribution in [0.2, 0.25) is 0 Å². The molecule has 1 N–H and O–H groups in total. The van der Waals surface area contributed by atoms with Gasteiger partial charge in [0.1, 0.15) is 0 Å². The van der Waals surface area contributed by atoms with Gasteiger partial charge in [0.25, 0.3) is 0 Å². The van der Waals surface area contributed by atoms with Gasteiger partial charge in [-0.2, -0.15) is 0 Å². The Morgan fingerprint density at radius 2 is 2.12 bits per heavy atom. The minimum absolute atomic E-state index is 0.308. The second-order valence-electron chi connectivity index (χ2n) is 3.91. The molecule has 0 aliphatic heterocycles. The van der Waals surface area contributed by atoms with E-state index in [1.807, 2.05) is 34.0 Å². The first kappa shape index (κ1) is 14.8. The molecule has 0 radical (unpaired) electrons. The van der Waals surface area contributed by atoms with Crippen LogP contribution in [-0.4, -0.2) is 26.4 Å². The van der Waals surface area contributed by atoms with Crippen LogP contribution in [0, 0.1) is 5.92 Å². The standard InChI is InChI=1S/C14H24N2/c1-7-8-14(10-15-5)9-11(2)12(3)13(4)16-6/h7-9,12,15H,2,10H2,1,3-6H3/b8-7-,14-9+,16-13+/t12-/m0/s1. The van der Waals surface area contributed by atoms with Crippen molar-refractivity contribution < 1.29 is 0 Å². The Hall–Kier alpha value is -1.15. The lowest BCUT2D eigenvalue weighted by atomic mass is 9.96. The molecule has 2 nitrogen and oxygen atoms in total. The largest absolute Gasteiger partial charge is 0.316 e. The van der Waals surface area contributed by atoms with Crippen molar-refractivity contribution in [2.45, 2.75) is 20.8 Å². The van der Waals surface area contributed by atoms with E-state index < -0.39 is 0 Å². The van der Waals surface area contributed by atoms with Crippen molar-refractivity contribution in [1.29, 1.82) is 0 Å². The number of hydrogen-bond acceptors (Lipinski definition) is 2. The monoisotopic (exact) mass is 220 g/mol. The van der Waals surface area contributed by atoms with Crippen molar-refractivity contribution in [3.8, 4) is 0 Å². The van der Waals surface area contributed by atoms with Crippen LogP contribution >= 0.6 is 0 Å². The van der Waals surface area contributed by atoms with E-state index in [-0.39, 0.29) is 0 Å². The first-order valence-corrected chi connectivity index (χ1v) is 5.66. The third-order valence-corrected chi connectivity index (χ3v) is 2.67. The molecular weight excluding hydrogens is 196 g/mol. The molecule has 0 rings (SSSR count). The second kappa shape index (κ2) is 8.05. The summed E-state index contributed by atoms with van der Waals surface area (Å²) in [5.41, 5.74) is 3.46. The third-order valence-electron chi connectivity index (χ3n) is 2.67. The van der Waals surface area contributed by atoms with Crippen LogP contribution in [0.15, 0.2) is 40.9 Å². The van der Waals surface area contributed by atoms with Crippen molar-refractivity contribution in [3.05, 3.63) is 36.0 Å². The number of rotatable bonds is 6. The van der Waals surface area contributed by atoms with Gasteiger partial charge in [-0.1, -0.05) is 31.7 Å². The molecule has 0 unspecified atom stereocenters. The van der Waals surface area contributed by atoms with Gasteiger partial charge in [-0.05, 0) is 32.0 Å². The Bertz CT molecular complexity index is 309. The average molecular weight is 220 g/mol. The fourth-order valence-electron chi connectivity index (χ4n) is 1.40. The topological polar surface area (TPSA) is 24.4 Å². The minimum atomic E-state index is 0.308. The van der Waals surface area contributed by atoms with Crippen molar-refractivity contribution >= 4 is 5.71 Å². The summed E-state index contributed by atoms with van der Waals surface area (Å²) in [5, 5.41) is 3.15. The highest BCUT2D eigenvalue weighted by Gasteiger charge is 2.07. The SMILES string of the molecule is C=C(/C=C(\C=C/C)CNC)[C@H](C)/C(C)=N/C. The summed E-state index contributed by atoms with van der Waals surface area (Å²) in [6.45, 7) is 11.2. The lowest BCUT2D eigenvalue weighted by Gasteiger charge is -2.12. The van der Waals surface area contributed by atoms with Crippen LogP contribution in [0.4, 0.5) is 0 Å². The number of nitrogens with zero attached hydrogens (tertiary/aromatic N) is 1. The van der Waals surface area contributed by atoms with Crippen molar-refractivity contribution in [3.63, 3.8) is 0 Å². The van der Waals surface area contributed by atoms with Gasteiger partial charge in [0.15, 0.2) is 0 Å². The van der Waals surface area contributed by atoms with Crippen molar-refractivity contribution in [2.24, 2.45) is 10.9 Å². The van der Waals surface area contributed by atoms with Crippen LogP contribution in [0.25, 0.3) is 0 Å². The molecule has 90 valence electrons. The third kappa shape index (κ3) is 5.08. The fraction of sp³-hybridized carbons (Fsp3) is 0.500. The summed E-state index contributed by atoms with van der Waals surface area (Å²) in [7, 11) is 3.77. The zero-order valence-electron chi connectivity index (χ0n) is 11.2. The Labute approximate surface area is 99.9 Å². The van der Waals surface area contributed by atoms with E-state index in [2.05, 4.69) is 36.0 Å². The molecule has 0 spiro atoms. The maximum Gasteiger partial charge on any atom is 0.0276 e. The summed E-state index contributed by atoms with van der Waals surface area (Å²) in [6, 6.07) is 0. The van der Waals surface area contributed by atoms with Gasteiger partial charge in [0, 0.05) is 25.2 Å². The molecule has 0 amide bonds. The Balaban J connectivity index is 4.76. The number of aliphatic imine (C=N–C) groups is 1. The lowest BCUT2D eigenvalue weighted by Crippen LogP contribution is -2.12. The summed E-state index contributed by atoms with van der Waals surface area (Å²) in [6.07, 6.45) is 6.28. The van der Waals surface area contributed by atoms with Crippen molar-refractivity contribution in [2.75, 3.05) is 20.6 Å². The molecule has 0 aromatic carbocycles. The normalized spacial score (nSPS) is 15.6. The van der Waals surface area contributed by atoms with Gasteiger partial charge in [-0.25, -0.2) is 0 Å². The second-order valence-corrected chi connectivity index (χ2v) is 3.91. The molecule has 2 heteroatoms. The predicted molar refractivity (Wildman–Crippen MR) is 74.2 cm³/mol. The van der Waals surface area contributed by atoms with Gasteiger partial charge in [0.05, 0.1) is 0 Å². The first-order chi connectivity index (χ1) is 7.56. The lowest BCUT2D eigenvalue weighted by molar-refractivity contribution is 0.884. The highest BCUT2D eigenvalue weighted by Crippen LogP contribution is 2.14. The van der Waals surface area contributed by atoms with Crippen LogP contribution in [0.1, 0.15) is 20.8 Å². The van der Waals surface area contributed by atoms with E-state index in [9.17, 15) is 0 Å². The molecule has 0 saturated heterocycles. The smallest absolute Gasteiger partial charge is 0.0276 e. The summed E-state index contributed by atoms with van der Waals surface area (Å²) >= 11 is 0. The van der Waals surface area contributed by atoms with Gasteiger partial charge in [-0.3, -0.25) is 4.99 Å². The van der Waals surface area contributed by atoms with Gasteiger partial charge in [0.2, 0.25) is 0 Å². The number of hydrogen-bond donors (Lipinski definition) is 1. The molecule has 16 heavy (non-hydrogen) atoms. The molecule has 0 saturated carbocycles. The molecule has 0 aromatic heterocycles. The molecule has 0 fully saturated rings. The molecule has 0 heterocycles. The fourth-order valence-corrected chi connectivity index (χ4v) is 1.40. The average Bonchev–Trinajstić information content (AvgIpc) is 2.27. The van der Waals surface area contributed by atoms with Crippen molar-refractivity contribution in [1.82, 2.24) is 5.32 Å². The molecule has 0 aliphatic rings. The summed E-state index contributed by atoms with van der Waals surface area (Å²) < 4.78 is 0. The molecule has 0 aliphatic carbocycles. The van der Waals surface area contributed by atoms with Gasteiger partial charge in [-0.15, -0.1) is 0 Å². The van der Waals surface area contributed by atoms with Crippen LogP contribution in [-0.2, 0) is 0 Å². The zero-order valence-corrected chi connectivity index (χ0v) is 11.2. The zero-order chi connectivity index (χ0) is 12.6. The number of likely N-dealkylation sites (N-methyl/N-ethyl adjacent to an activating group) is 1. The Morgan fingerprint density at radius 3 is 2.56 bits per heavy atom. The van der Waals surface area contributed by atoms with Gasteiger partial charge >= 0.3 is 0 Å². The summed E-state index contributed by atoms with van der Waals surface area (Å²) in [4.78, 5) is 4.20.